The number of amides is 5. The van der Waals surface area contributed by atoms with Gasteiger partial charge in [0.15, 0.2) is 11.0 Å². The zero-order chi connectivity index (χ0) is 47.1. The lowest BCUT2D eigenvalue weighted by Crippen LogP contribution is -2.59. The first-order chi connectivity index (χ1) is 29.8. The van der Waals surface area contributed by atoms with Gasteiger partial charge in [0.2, 0.25) is 23.6 Å². The number of carbonyl (C=O) groups is 5. The number of nitrogens with two attached hydrogens (primary N) is 1. The molecule has 63 heavy (non-hydrogen) atoms. The molecule has 3 rings (SSSR count). The van der Waals surface area contributed by atoms with E-state index in [1.54, 1.807) is 55.1 Å². The molecule has 1 heterocycles. The highest BCUT2D eigenvalue weighted by Gasteiger charge is 2.43. The molecular formula is C47H75N7O8S. The van der Waals surface area contributed by atoms with E-state index >= 15 is 0 Å². The van der Waals surface area contributed by atoms with Gasteiger partial charge in [0.1, 0.15) is 12.1 Å². The van der Waals surface area contributed by atoms with Crippen LogP contribution in [0.3, 0.4) is 0 Å². The van der Waals surface area contributed by atoms with Crippen molar-refractivity contribution in [3.63, 3.8) is 0 Å². The number of likely N-dealkylation sites (N-methyl/N-ethyl adjacent to an activating group) is 2. The van der Waals surface area contributed by atoms with E-state index < -0.39 is 71.1 Å². The summed E-state index contributed by atoms with van der Waals surface area (Å²) < 4.78 is 27.8. The molecule has 5 N–H and O–H groups in total. The molecule has 0 saturated carbocycles. The third-order valence-electron chi connectivity index (χ3n) is 12.4. The highest BCUT2D eigenvalue weighted by molar-refractivity contribution is 7.83. The number of benzene rings is 2. The topological polar surface area (TPSA) is 193 Å². The number of rotatable bonds is 24. The van der Waals surface area contributed by atoms with Gasteiger partial charge in [-0.15, -0.1) is 0 Å². The van der Waals surface area contributed by atoms with Gasteiger partial charge in [0.05, 0.1) is 47.6 Å². The molecule has 352 valence electrons. The first-order valence-corrected chi connectivity index (χ1v) is 23.4. The van der Waals surface area contributed by atoms with Crippen LogP contribution in [0.1, 0.15) is 85.3 Å². The summed E-state index contributed by atoms with van der Waals surface area (Å²) in [6, 6.07) is 12.7. The average molecular weight is 898 g/mol. The predicted molar refractivity (Wildman–Crippen MR) is 246 cm³/mol. The van der Waals surface area contributed by atoms with Gasteiger partial charge in [-0.3, -0.25) is 33.6 Å². The van der Waals surface area contributed by atoms with Crippen molar-refractivity contribution in [2.75, 3.05) is 41.9 Å². The molecule has 1 aliphatic heterocycles. The minimum absolute atomic E-state index is 0.0227. The molecular weight excluding hydrogens is 823 g/mol. The van der Waals surface area contributed by atoms with E-state index in [1.807, 2.05) is 90.9 Å². The van der Waals surface area contributed by atoms with Crippen LogP contribution >= 0.6 is 0 Å². The van der Waals surface area contributed by atoms with Crippen LogP contribution in [0.2, 0.25) is 0 Å². The SMILES string of the molecule is CC[C@H](C)[C@@H]([C@@H](CC(=O)N1CCC[C@H]1[C@H](OC)[C@@H](C)C(=O)N[C@@H](Cc1ccccc1)C(=O)NS(=O)c1ccc(CN)cc1)OC)N(C)C(=O)[C@@H](NC(=O)[C@H](C(C)C)N(C)C)C(C)C. The Morgan fingerprint density at radius 1 is 0.841 bits per heavy atom. The maximum absolute atomic E-state index is 14.4. The second kappa shape index (κ2) is 25.3. The van der Waals surface area contributed by atoms with E-state index in [0.29, 0.717) is 37.2 Å². The lowest BCUT2D eigenvalue weighted by molar-refractivity contribution is -0.148. The van der Waals surface area contributed by atoms with Crippen LogP contribution in [0.4, 0.5) is 0 Å². The predicted octanol–water partition coefficient (Wildman–Crippen LogP) is 3.66. The van der Waals surface area contributed by atoms with Gasteiger partial charge >= 0.3 is 0 Å². The molecule has 1 fully saturated rings. The van der Waals surface area contributed by atoms with Crippen LogP contribution in [0, 0.1) is 23.7 Å². The maximum atomic E-state index is 14.4. The monoisotopic (exact) mass is 898 g/mol. The van der Waals surface area contributed by atoms with Crippen LogP contribution in [0.15, 0.2) is 59.5 Å². The fourth-order valence-corrected chi connectivity index (χ4v) is 9.57. The quantitative estimate of drug-likeness (QED) is 0.121. The summed E-state index contributed by atoms with van der Waals surface area (Å²) in [5.41, 5.74) is 7.36. The number of likely N-dealkylation sites (tertiary alicyclic amines) is 1. The number of nitrogens with one attached hydrogen (secondary N) is 3. The summed E-state index contributed by atoms with van der Waals surface area (Å²) in [6.45, 7) is 14.3. The fourth-order valence-electron chi connectivity index (χ4n) is 8.74. The summed E-state index contributed by atoms with van der Waals surface area (Å²) in [4.78, 5) is 75.7. The molecule has 0 aromatic heterocycles. The van der Waals surface area contributed by atoms with E-state index in [0.717, 1.165) is 11.1 Å². The van der Waals surface area contributed by atoms with Crippen molar-refractivity contribution in [3.05, 3.63) is 65.7 Å². The molecule has 2 aromatic carbocycles. The smallest absolute Gasteiger partial charge is 0.254 e. The third-order valence-corrected chi connectivity index (χ3v) is 13.5. The van der Waals surface area contributed by atoms with E-state index in [1.165, 1.54) is 7.11 Å². The molecule has 1 saturated heterocycles. The summed E-state index contributed by atoms with van der Waals surface area (Å²) in [5, 5.41) is 5.93. The van der Waals surface area contributed by atoms with Gasteiger partial charge in [-0.2, -0.15) is 0 Å². The molecule has 1 unspecified atom stereocenters. The Morgan fingerprint density at radius 2 is 1.48 bits per heavy atom. The van der Waals surface area contributed by atoms with Crippen LogP contribution in [0.5, 0.6) is 0 Å². The molecule has 15 nitrogen and oxygen atoms in total. The first kappa shape index (κ1) is 53.1. The summed E-state index contributed by atoms with van der Waals surface area (Å²) >= 11 is 0. The third kappa shape index (κ3) is 14.4. The number of hydrogen-bond acceptors (Lipinski definition) is 10. The molecule has 1 aliphatic rings. The lowest BCUT2D eigenvalue weighted by atomic mass is 9.89. The van der Waals surface area contributed by atoms with Crippen molar-refractivity contribution in [2.45, 2.75) is 134 Å². The van der Waals surface area contributed by atoms with E-state index in [-0.39, 0.29) is 48.3 Å². The van der Waals surface area contributed by atoms with E-state index in [2.05, 4.69) is 15.4 Å². The largest absolute Gasteiger partial charge is 0.379 e. The Morgan fingerprint density at radius 3 is 2.00 bits per heavy atom. The van der Waals surface area contributed by atoms with Crippen molar-refractivity contribution in [3.8, 4) is 0 Å². The molecule has 5 amide bonds. The minimum atomic E-state index is -1.89. The van der Waals surface area contributed by atoms with Gasteiger partial charge in [0, 0.05) is 40.8 Å². The maximum Gasteiger partial charge on any atom is 0.254 e. The average Bonchev–Trinajstić information content (AvgIpc) is 3.74. The van der Waals surface area contributed by atoms with E-state index in [4.69, 9.17) is 15.2 Å². The fraction of sp³-hybridized carbons (Fsp3) is 0.638. The highest BCUT2D eigenvalue weighted by atomic mass is 32.2. The van der Waals surface area contributed by atoms with Gasteiger partial charge in [0.25, 0.3) is 5.91 Å². The number of carbonyl (C=O) groups excluding carboxylic acids is 5. The van der Waals surface area contributed by atoms with Crippen LogP contribution in [-0.2, 0) is 57.4 Å². The molecule has 16 heteroatoms. The molecule has 0 spiro atoms. The summed E-state index contributed by atoms with van der Waals surface area (Å²) in [7, 11) is 6.56. The number of ether oxygens (including phenoxy) is 2. The van der Waals surface area contributed by atoms with Gasteiger partial charge in [-0.1, -0.05) is 97.4 Å². The molecule has 10 atom stereocenters. The first-order valence-electron chi connectivity index (χ1n) is 22.3. The Hall–Kier alpha value is -4.22. The second-order valence-electron chi connectivity index (χ2n) is 17.8. The summed E-state index contributed by atoms with van der Waals surface area (Å²) in [5.74, 6) is -2.80. The van der Waals surface area contributed by atoms with E-state index in [9.17, 15) is 28.2 Å². The Kier molecular flexibility index (Phi) is 21.3. The minimum Gasteiger partial charge on any atom is -0.379 e. The van der Waals surface area contributed by atoms with Gasteiger partial charge < -0.3 is 35.6 Å². The highest BCUT2D eigenvalue weighted by Crippen LogP contribution is 2.30. The summed E-state index contributed by atoms with van der Waals surface area (Å²) in [6.07, 6.45) is 0.684. The van der Waals surface area contributed by atoms with Crippen molar-refractivity contribution in [1.82, 2.24) is 30.1 Å². The Balaban J connectivity index is 1.81. The van der Waals surface area contributed by atoms with Crippen LogP contribution in [-0.4, -0.2) is 133 Å². The zero-order valence-corrected chi connectivity index (χ0v) is 40.4. The number of nitrogens with zero attached hydrogens (tertiary/aromatic N) is 3. The molecule has 0 bridgehead atoms. The number of hydrogen-bond donors (Lipinski definition) is 4. The van der Waals surface area contributed by atoms with Crippen molar-refractivity contribution < 1.29 is 37.7 Å². The molecule has 2 aromatic rings. The Bertz CT molecular complexity index is 1810. The normalized spacial score (nSPS) is 18.5. The zero-order valence-electron chi connectivity index (χ0n) is 39.6. The van der Waals surface area contributed by atoms with Crippen molar-refractivity contribution in [2.24, 2.45) is 29.4 Å². The van der Waals surface area contributed by atoms with Gasteiger partial charge in [-0.05, 0) is 68.0 Å². The standard InChI is InChI=1S/C47H75N7O8S/c1-13-31(6)42(53(10)47(59)40(29(2)3)50-46(58)41(30(4)5)52(8)9)38(61-11)27-39(55)54-25-17-20-37(54)43(62-12)32(7)44(56)49-36(26-33-18-15-14-16-19-33)45(57)51-63(60)35-23-21-34(28-48)22-24-35/h14-16,18-19,21-24,29-32,36-38,40-43H,13,17,20,25-28,48H2,1-12H3,(H,49,56)(H,50,58)(H,51,57)/t31-,32+,36-,37-,38+,40-,41-,42-,43+,63?/m0/s1. The molecule has 0 radical (unpaired) electrons. The van der Waals surface area contributed by atoms with Crippen LogP contribution in [0.25, 0.3) is 0 Å². The van der Waals surface area contributed by atoms with Crippen molar-refractivity contribution >= 4 is 40.5 Å². The Labute approximate surface area is 378 Å². The van der Waals surface area contributed by atoms with Crippen molar-refractivity contribution in [1.29, 1.82) is 0 Å². The molecule has 0 aliphatic carbocycles. The van der Waals surface area contributed by atoms with Gasteiger partial charge in [-0.25, -0.2) is 4.21 Å². The lowest BCUT2D eigenvalue weighted by Gasteiger charge is -2.41. The van der Waals surface area contributed by atoms with Crippen LogP contribution < -0.4 is 21.1 Å². The second-order valence-corrected chi connectivity index (χ2v) is 19.0. The number of methoxy groups -OCH3 is 2.